The number of piperidine rings is 1. The van der Waals surface area contributed by atoms with Gasteiger partial charge in [0.25, 0.3) is 0 Å². The number of alkyl halides is 3. The van der Waals surface area contributed by atoms with Gasteiger partial charge >= 0.3 is 12.2 Å². The molecule has 0 aromatic carbocycles. The third kappa shape index (κ3) is 5.65. The van der Waals surface area contributed by atoms with Gasteiger partial charge in [-0.3, -0.25) is 0 Å². The van der Waals surface area contributed by atoms with E-state index in [9.17, 15) is 18.0 Å². The van der Waals surface area contributed by atoms with Crippen LogP contribution in [0.25, 0.3) is 0 Å². The predicted octanol–water partition coefficient (Wildman–Crippen LogP) is 2.49. The number of hydrogen-bond acceptors (Lipinski definition) is 4. The quantitative estimate of drug-likeness (QED) is 0.858. The van der Waals surface area contributed by atoms with E-state index in [2.05, 4.69) is 27.4 Å². The Morgan fingerprint density at radius 1 is 1.52 bits per heavy atom. The van der Waals surface area contributed by atoms with Gasteiger partial charge in [-0.25, -0.2) is 9.78 Å². The van der Waals surface area contributed by atoms with E-state index in [-0.39, 0.29) is 18.6 Å². The van der Waals surface area contributed by atoms with Gasteiger partial charge in [-0.15, -0.1) is 11.3 Å². The van der Waals surface area contributed by atoms with Gasteiger partial charge in [0, 0.05) is 30.9 Å². The Bertz CT molecular complexity index is 520. The van der Waals surface area contributed by atoms with Gasteiger partial charge in [-0.2, -0.15) is 13.2 Å². The lowest BCUT2D eigenvalue weighted by Crippen LogP contribution is -2.50. The molecule has 0 spiro atoms. The maximum absolute atomic E-state index is 12.4. The number of urea groups is 1. The second-order valence-corrected chi connectivity index (χ2v) is 6.45. The zero-order chi connectivity index (χ0) is 16.9. The normalized spacial score (nSPS) is 19.6. The third-order valence-corrected chi connectivity index (χ3v) is 4.66. The van der Waals surface area contributed by atoms with Gasteiger partial charge in [-0.1, -0.05) is 6.92 Å². The number of carbonyl (C=O) groups excluding carboxylic acids is 1. The van der Waals surface area contributed by atoms with Gasteiger partial charge in [0.15, 0.2) is 5.69 Å². The van der Waals surface area contributed by atoms with Crippen LogP contribution < -0.4 is 10.6 Å². The van der Waals surface area contributed by atoms with Crippen molar-refractivity contribution >= 4 is 17.4 Å². The highest BCUT2D eigenvalue weighted by Gasteiger charge is 2.33. The van der Waals surface area contributed by atoms with E-state index in [1.165, 1.54) is 0 Å². The molecule has 1 aliphatic rings. The number of likely N-dealkylation sites (N-methyl/N-ethyl adjacent to an activating group) is 1. The fraction of sp³-hybridized carbons (Fsp3) is 0.714. The molecule has 1 atom stereocenters. The molecule has 2 heterocycles. The highest BCUT2D eigenvalue weighted by molar-refractivity contribution is 7.09. The molecule has 0 radical (unpaired) electrons. The monoisotopic (exact) mass is 350 g/mol. The van der Waals surface area contributed by atoms with E-state index < -0.39 is 11.9 Å². The molecule has 2 N–H and O–H groups in total. The molecule has 9 heteroatoms. The molecule has 5 nitrogen and oxygen atoms in total. The summed E-state index contributed by atoms with van der Waals surface area (Å²) in [6.07, 6.45) is -2.12. The molecule has 1 aromatic rings. The first kappa shape index (κ1) is 18.0. The summed E-state index contributed by atoms with van der Waals surface area (Å²) in [6, 6.07) is -0.152. The highest BCUT2D eigenvalue weighted by atomic mass is 32.1. The highest BCUT2D eigenvalue weighted by Crippen LogP contribution is 2.29. The van der Waals surface area contributed by atoms with Crippen LogP contribution >= 0.6 is 11.3 Å². The number of halogens is 3. The molecule has 0 bridgehead atoms. The number of nitrogens with one attached hydrogen (secondary N) is 2. The average molecular weight is 350 g/mol. The summed E-state index contributed by atoms with van der Waals surface area (Å²) in [6.45, 7) is 5.21. The summed E-state index contributed by atoms with van der Waals surface area (Å²) in [5, 5.41) is 6.95. The minimum atomic E-state index is -4.41. The van der Waals surface area contributed by atoms with Crippen molar-refractivity contribution in [3.63, 3.8) is 0 Å². The second-order valence-electron chi connectivity index (χ2n) is 5.51. The summed E-state index contributed by atoms with van der Waals surface area (Å²) in [4.78, 5) is 17.6. The smallest absolute Gasteiger partial charge is 0.338 e. The molecular formula is C14H21F3N4OS. The Kier molecular flexibility index (Phi) is 6.23. The first-order valence-corrected chi connectivity index (χ1v) is 8.54. The zero-order valence-electron chi connectivity index (χ0n) is 12.9. The van der Waals surface area contributed by atoms with Crippen LogP contribution in [0.1, 0.15) is 30.5 Å². The number of thiazole rings is 1. The number of aromatic nitrogens is 1. The zero-order valence-corrected chi connectivity index (χ0v) is 13.8. The molecular weight excluding hydrogens is 329 g/mol. The standard InChI is InChI=1S/C14H21F3N4OS/c1-2-21-7-3-4-10(8-21)19-13(22)18-6-5-12-20-11(9-23-12)14(15,16)17/h9-10H,2-8H2,1H3,(H2,18,19,22). The Balaban J connectivity index is 1.69. The van der Waals surface area contributed by atoms with Crippen molar-refractivity contribution in [2.24, 2.45) is 0 Å². The molecule has 0 aliphatic carbocycles. The lowest BCUT2D eigenvalue weighted by molar-refractivity contribution is -0.140. The fourth-order valence-corrected chi connectivity index (χ4v) is 3.34. The van der Waals surface area contributed by atoms with Crippen molar-refractivity contribution in [3.8, 4) is 0 Å². The maximum atomic E-state index is 12.4. The van der Waals surface area contributed by atoms with Crippen molar-refractivity contribution in [1.29, 1.82) is 0 Å². The van der Waals surface area contributed by atoms with Gasteiger partial charge < -0.3 is 15.5 Å². The van der Waals surface area contributed by atoms with Crippen LogP contribution in [0.3, 0.4) is 0 Å². The second kappa shape index (κ2) is 7.96. The number of hydrogen-bond donors (Lipinski definition) is 2. The van der Waals surface area contributed by atoms with Crippen molar-refractivity contribution in [3.05, 3.63) is 16.1 Å². The summed E-state index contributed by atoms with van der Waals surface area (Å²) < 4.78 is 37.3. The molecule has 2 amide bonds. The Labute approximate surface area is 137 Å². The topological polar surface area (TPSA) is 57.3 Å². The minimum Gasteiger partial charge on any atom is -0.338 e. The average Bonchev–Trinajstić information content (AvgIpc) is 2.96. The first-order chi connectivity index (χ1) is 10.9. The number of nitrogens with zero attached hydrogens (tertiary/aromatic N) is 2. The lowest BCUT2D eigenvalue weighted by atomic mass is 10.1. The molecule has 1 aromatic heterocycles. The van der Waals surface area contributed by atoms with Gasteiger partial charge in [-0.05, 0) is 25.9 Å². The molecule has 1 unspecified atom stereocenters. The Morgan fingerprint density at radius 2 is 2.30 bits per heavy atom. The molecule has 130 valence electrons. The van der Waals surface area contributed by atoms with Gasteiger partial charge in [0.05, 0.1) is 5.01 Å². The number of amides is 2. The van der Waals surface area contributed by atoms with Crippen LogP contribution in [0.15, 0.2) is 5.38 Å². The summed E-state index contributed by atoms with van der Waals surface area (Å²) in [5.74, 6) is 0. The molecule has 23 heavy (non-hydrogen) atoms. The molecule has 0 saturated carbocycles. The van der Waals surface area contributed by atoms with Crippen molar-refractivity contribution < 1.29 is 18.0 Å². The van der Waals surface area contributed by atoms with E-state index in [1.54, 1.807) is 0 Å². The van der Waals surface area contributed by atoms with Crippen LogP contribution in [-0.2, 0) is 12.6 Å². The minimum absolute atomic E-state index is 0.125. The fourth-order valence-electron chi connectivity index (χ4n) is 2.54. The molecule has 2 rings (SSSR count). The maximum Gasteiger partial charge on any atom is 0.434 e. The third-order valence-electron chi connectivity index (χ3n) is 3.75. The summed E-state index contributed by atoms with van der Waals surface area (Å²) >= 11 is 0.958. The van der Waals surface area contributed by atoms with E-state index >= 15 is 0 Å². The van der Waals surface area contributed by atoms with Crippen LogP contribution in [0, 0.1) is 0 Å². The predicted molar refractivity (Wildman–Crippen MR) is 82.5 cm³/mol. The van der Waals surface area contributed by atoms with Crippen LogP contribution in [0.2, 0.25) is 0 Å². The Morgan fingerprint density at radius 3 is 2.96 bits per heavy atom. The lowest BCUT2D eigenvalue weighted by Gasteiger charge is -2.32. The van der Waals surface area contributed by atoms with Crippen molar-refractivity contribution in [2.75, 3.05) is 26.2 Å². The van der Waals surface area contributed by atoms with Gasteiger partial charge in [0.2, 0.25) is 0 Å². The molecule has 1 aliphatic heterocycles. The van der Waals surface area contributed by atoms with Crippen molar-refractivity contribution in [1.82, 2.24) is 20.5 Å². The van der Waals surface area contributed by atoms with Crippen LogP contribution in [-0.4, -0.2) is 48.1 Å². The molecule has 1 fully saturated rings. The number of carbonyl (C=O) groups is 1. The Hall–Kier alpha value is -1.35. The number of likely N-dealkylation sites (tertiary alicyclic amines) is 1. The van der Waals surface area contributed by atoms with Crippen LogP contribution in [0.5, 0.6) is 0 Å². The van der Waals surface area contributed by atoms with E-state index in [0.29, 0.717) is 11.4 Å². The van der Waals surface area contributed by atoms with E-state index in [1.807, 2.05) is 0 Å². The van der Waals surface area contributed by atoms with Crippen LogP contribution in [0.4, 0.5) is 18.0 Å². The van der Waals surface area contributed by atoms with E-state index in [4.69, 9.17) is 0 Å². The first-order valence-electron chi connectivity index (χ1n) is 7.66. The SMILES string of the molecule is CCN1CCCC(NC(=O)NCCc2nc(C(F)(F)F)cs2)C1. The van der Waals surface area contributed by atoms with Crippen molar-refractivity contribution in [2.45, 2.75) is 38.4 Å². The summed E-state index contributed by atoms with van der Waals surface area (Å²) in [7, 11) is 0. The largest absolute Gasteiger partial charge is 0.434 e. The number of rotatable bonds is 5. The van der Waals surface area contributed by atoms with E-state index in [0.717, 1.165) is 49.2 Å². The molecule has 1 saturated heterocycles. The summed E-state index contributed by atoms with van der Waals surface area (Å²) in [5.41, 5.74) is -0.871. The van der Waals surface area contributed by atoms with Gasteiger partial charge in [0.1, 0.15) is 0 Å².